The topological polar surface area (TPSA) is 77.3 Å². The Morgan fingerprint density at radius 2 is 1.32 bits per heavy atom. The number of azo groups is 1. The standard InChI is InChI=1S/C21H26N2O4Si/c1-2-3-4-5-12-17-26-20(24)22-23-21(25)27-28(18-13-8-6-9-14-18)19-15-10-7-11-16-19/h6-11,13-16,28H,2-5,12,17H2,1H3. The number of hydrogen-bond donors (Lipinski definition) is 0. The number of rotatable bonds is 9. The smallest absolute Gasteiger partial charge is 0.452 e. The van der Waals surface area contributed by atoms with Crippen LogP contribution in [0, 0.1) is 0 Å². The fraction of sp³-hybridized carbons (Fsp3) is 0.333. The molecule has 0 fully saturated rings. The highest BCUT2D eigenvalue weighted by Gasteiger charge is 2.22. The van der Waals surface area contributed by atoms with Crippen molar-refractivity contribution < 1.29 is 18.8 Å². The molecule has 7 heteroatoms. The van der Waals surface area contributed by atoms with Crippen LogP contribution >= 0.6 is 0 Å². The van der Waals surface area contributed by atoms with Crippen LogP contribution < -0.4 is 10.4 Å². The van der Waals surface area contributed by atoms with Crippen LogP contribution in [0.25, 0.3) is 0 Å². The van der Waals surface area contributed by atoms with E-state index < -0.39 is 21.2 Å². The minimum absolute atomic E-state index is 0.280. The van der Waals surface area contributed by atoms with Crippen molar-refractivity contribution in [1.29, 1.82) is 0 Å². The maximum atomic E-state index is 12.1. The van der Waals surface area contributed by atoms with Crippen LogP contribution in [0.15, 0.2) is 70.9 Å². The largest absolute Gasteiger partial charge is 0.495 e. The molecule has 0 aliphatic heterocycles. The van der Waals surface area contributed by atoms with Gasteiger partial charge in [-0.2, -0.15) is 0 Å². The summed E-state index contributed by atoms with van der Waals surface area (Å²) in [5, 5.41) is 8.55. The minimum Gasteiger partial charge on any atom is -0.495 e. The van der Waals surface area contributed by atoms with Crippen LogP contribution in [0.2, 0.25) is 0 Å². The van der Waals surface area contributed by atoms with Crippen LogP contribution in [0.1, 0.15) is 39.0 Å². The summed E-state index contributed by atoms with van der Waals surface area (Å²) in [7, 11) is -2.27. The van der Waals surface area contributed by atoms with Crippen molar-refractivity contribution in [2.75, 3.05) is 6.61 Å². The molecule has 6 nitrogen and oxygen atoms in total. The molecule has 0 aliphatic rings. The van der Waals surface area contributed by atoms with Crippen LogP contribution in [0.4, 0.5) is 9.59 Å². The molecule has 0 bridgehead atoms. The van der Waals surface area contributed by atoms with Crippen molar-refractivity contribution in [1.82, 2.24) is 0 Å². The summed E-state index contributed by atoms with van der Waals surface area (Å²) in [4.78, 5) is 23.7. The van der Waals surface area contributed by atoms with E-state index in [2.05, 4.69) is 17.2 Å². The molecular formula is C21H26N2O4Si. The molecule has 28 heavy (non-hydrogen) atoms. The number of ether oxygens (including phenoxy) is 1. The van der Waals surface area contributed by atoms with Crippen molar-refractivity contribution in [3.63, 3.8) is 0 Å². The third-order valence-electron chi connectivity index (χ3n) is 4.11. The van der Waals surface area contributed by atoms with Crippen LogP contribution in [0.3, 0.4) is 0 Å². The van der Waals surface area contributed by atoms with Crippen molar-refractivity contribution >= 4 is 31.6 Å². The molecule has 0 aromatic heterocycles. The number of hydrogen-bond acceptors (Lipinski definition) is 4. The molecule has 0 spiro atoms. The molecule has 0 unspecified atom stereocenters. The van der Waals surface area contributed by atoms with Gasteiger partial charge in [0.25, 0.3) is 0 Å². The lowest BCUT2D eigenvalue weighted by Gasteiger charge is -2.15. The second-order valence-corrected chi connectivity index (χ2v) is 8.64. The molecule has 2 aromatic carbocycles. The summed E-state index contributed by atoms with van der Waals surface area (Å²) in [6.45, 7) is 2.42. The Bertz CT molecular complexity index is 714. The first-order valence-corrected chi connectivity index (χ1v) is 11.2. The van der Waals surface area contributed by atoms with Crippen LogP contribution in [-0.4, -0.2) is 27.8 Å². The Kier molecular flexibility index (Phi) is 9.64. The van der Waals surface area contributed by atoms with E-state index in [0.29, 0.717) is 0 Å². The molecule has 2 aromatic rings. The Labute approximate surface area is 167 Å². The van der Waals surface area contributed by atoms with Gasteiger partial charge in [-0.1, -0.05) is 103 Å². The first kappa shape index (κ1) is 21.5. The number of benzene rings is 2. The second kappa shape index (κ2) is 12.6. The highest BCUT2D eigenvalue weighted by Crippen LogP contribution is 2.03. The number of unbranched alkanes of at least 4 members (excludes halogenated alkanes) is 4. The van der Waals surface area contributed by atoms with Gasteiger partial charge in [0.15, 0.2) is 0 Å². The van der Waals surface area contributed by atoms with E-state index in [-0.39, 0.29) is 6.61 Å². The molecule has 2 amide bonds. The lowest BCUT2D eigenvalue weighted by Crippen LogP contribution is -2.45. The van der Waals surface area contributed by atoms with Gasteiger partial charge in [-0.25, -0.2) is 9.59 Å². The van der Waals surface area contributed by atoms with Crippen molar-refractivity contribution in [3.8, 4) is 0 Å². The van der Waals surface area contributed by atoms with Gasteiger partial charge < -0.3 is 9.16 Å². The van der Waals surface area contributed by atoms with Gasteiger partial charge in [-0.05, 0) is 16.8 Å². The highest BCUT2D eigenvalue weighted by molar-refractivity contribution is 6.81. The molecule has 0 aliphatic carbocycles. The minimum atomic E-state index is -2.27. The summed E-state index contributed by atoms with van der Waals surface area (Å²) in [5.74, 6) is 0. The Morgan fingerprint density at radius 3 is 1.89 bits per heavy atom. The van der Waals surface area contributed by atoms with E-state index in [1.807, 2.05) is 60.7 Å². The zero-order chi connectivity index (χ0) is 20.0. The Balaban J connectivity index is 1.88. The summed E-state index contributed by atoms with van der Waals surface area (Å²) >= 11 is 0. The van der Waals surface area contributed by atoms with Crippen molar-refractivity contribution in [2.45, 2.75) is 39.0 Å². The van der Waals surface area contributed by atoms with Crippen molar-refractivity contribution in [2.24, 2.45) is 10.2 Å². The van der Waals surface area contributed by atoms with E-state index >= 15 is 0 Å². The van der Waals surface area contributed by atoms with E-state index in [9.17, 15) is 9.59 Å². The molecule has 0 radical (unpaired) electrons. The van der Waals surface area contributed by atoms with E-state index in [4.69, 9.17) is 9.16 Å². The fourth-order valence-electron chi connectivity index (χ4n) is 2.68. The first-order valence-electron chi connectivity index (χ1n) is 9.59. The predicted octanol–water partition coefficient (Wildman–Crippen LogP) is 4.22. The average Bonchev–Trinajstić information content (AvgIpc) is 2.74. The summed E-state index contributed by atoms with van der Waals surface area (Å²) in [6.07, 6.45) is 3.48. The Hall–Kier alpha value is -2.80. The maximum absolute atomic E-state index is 12.1. The fourth-order valence-corrected chi connectivity index (χ4v) is 4.73. The van der Waals surface area contributed by atoms with Gasteiger partial charge >= 0.3 is 21.2 Å². The van der Waals surface area contributed by atoms with Gasteiger partial charge in [0, 0.05) is 0 Å². The SMILES string of the molecule is CCCCCCCOC(=O)N=NC(=O)O[SiH](c1ccccc1)c1ccccc1. The van der Waals surface area contributed by atoms with Crippen LogP contribution in [0.5, 0.6) is 0 Å². The van der Waals surface area contributed by atoms with Crippen LogP contribution in [-0.2, 0) is 9.16 Å². The molecule has 0 heterocycles. The molecule has 0 saturated heterocycles. The molecule has 2 rings (SSSR count). The first-order chi connectivity index (χ1) is 13.7. The molecule has 0 N–H and O–H groups in total. The lowest BCUT2D eigenvalue weighted by molar-refractivity contribution is 0.152. The maximum Gasteiger partial charge on any atom is 0.452 e. The summed E-state index contributed by atoms with van der Waals surface area (Å²) in [5.41, 5.74) is 0. The normalized spacial score (nSPS) is 10.9. The Morgan fingerprint density at radius 1 is 0.786 bits per heavy atom. The molecular weight excluding hydrogens is 372 g/mol. The number of amides is 2. The predicted molar refractivity (Wildman–Crippen MR) is 111 cm³/mol. The molecule has 0 atom stereocenters. The van der Waals surface area contributed by atoms with Crippen molar-refractivity contribution in [3.05, 3.63) is 60.7 Å². The third-order valence-corrected chi connectivity index (χ3v) is 6.53. The summed E-state index contributed by atoms with van der Waals surface area (Å²) in [6, 6.07) is 19.1. The summed E-state index contributed by atoms with van der Waals surface area (Å²) < 4.78 is 10.5. The van der Waals surface area contributed by atoms with Gasteiger partial charge in [-0.15, -0.1) is 0 Å². The number of carbonyl (C=O) groups is 2. The highest BCUT2D eigenvalue weighted by atomic mass is 28.3. The van der Waals surface area contributed by atoms with Gasteiger partial charge in [0.1, 0.15) is 0 Å². The monoisotopic (exact) mass is 398 g/mol. The second-order valence-electron chi connectivity index (χ2n) is 6.31. The quantitative estimate of drug-likeness (QED) is 0.360. The lowest BCUT2D eigenvalue weighted by atomic mass is 10.2. The van der Waals surface area contributed by atoms with E-state index in [1.165, 1.54) is 6.42 Å². The van der Waals surface area contributed by atoms with Gasteiger partial charge in [0.2, 0.25) is 0 Å². The van der Waals surface area contributed by atoms with E-state index in [1.54, 1.807) is 0 Å². The van der Waals surface area contributed by atoms with Gasteiger partial charge in [-0.3, -0.25) is 0 Å². The average molecular weight is 399 g/mol. The zero-order valence-electron chi connectivity index (χ0n) is 16.1. The number of carbonyl (C=O) groups excluding carboxylic acids is 2. The number of nitrogens with zero attached hydrogens (tertiary/aromatic N) is 2. The third kappa shape index (κ3) is 7.83. The van der Waals surface area contributed by atoms with Gasteiger partial charge in [0.05, 0.1) is 6.61 Å². The zero-order valence-corrected chi connectivity index (χ0v) is 17.3. The molecule has 148 valence electrons. The molecule has 0 saturated carbocycles. The van der Waals surface area contributed by atoms with E-state index in [0.717, 1.165) is 36.1 Å².